The molecule has 2 rings (SSSR count). The maximum absolute atomic E-state index is 5.83. The van der Waals surface area contributed by atoms with Crippen LogP contribution in [-0.4, -0.2) is 50.8 Å². The Morgan fingerprint density at radius 1 is 1.30 bits per heavy atom. The summed E-state index contributed by atoms with van der Waals surface area (Å²) in [5.41, 5.74) is 0.324. The summed E-state index contributed by atoms with van der Waals surface area (Å²) in [7, 11) is 2.31. The Balaban J connectivity index is 1.87. The predicted octanol–water partition coefficient (Wildman–Crippen LogP) is 2.76. The summed E-state index contributed by atoms with van der Waals surface area (Å²) in [6, 6.07) is 0.735. The molecule has 0 aromatic rings. The van der Waals surface area contributed by atoms with Crippen molar-refractivity contribution in [2.45, 2.75) is 52.5 Å². The summed E-state index contributed by atoms with van der Waals surface area (Å²) < 4.78 is 5.83. The second kappa shape index (κ2) is 7.24. The molecule has 1 aliphatic heterocycles. The van der Waals surface area contributed by atoms with E-state index in [4.69, 9.17) is 4.74 Å². The maximum atomic E-state index is 5.83. The third-order valence-corrected chi connectivity index (χ3v) is 5.04. The lowest BCUT2D eigenvalue weighted by atomic mass is 9.81. The van der Waals surface area contributed by atoms with Crippen molar-refractivity contribution in [2.24, 2.45) is 17.3 Å². The highest BCUT2D eigenvalue weighted by Gasteiger charge is 2.37. The fraction of sp³-hybridized carbons (Fsp3) is 1.00. The molecule has 2 aliphatic rings. The molecule has 2 atom stereocenters. The first-order valence-electron chi connectivity index (χ1n) is 8.51. The summed E-state index contributed by atoms with van der Waals surface area (Å²) in [5.74, 6) is 1.67. The van der Waals surface area contributed by atoms with Crippen LogP contribution in [0.2, 0.25) is 0 Å². The second-order valence-electron chi connectivity index (χ2n) is 7.67. The molecule has 2 unspecified atom stereocenters. The standard InChI is InChI=1S/C17H34N2O/c1-14(2)10-18-11-17(8-5-9-20-13-17)12-19(4)15(3)16-6-7-16/h14-16,18H,5-13H2,1-4H3. The van der Waals surface area contributed by atoms with Crippen LogP contribution in [0.25, 0.3) is 0 Å². The van der Waals surface area contributed by atoms with Gasteiger partial charge in [0.2, 0.25) is 0 Å². The van der Waals surface area contributed by atoms with E-state index in [2.05, 4.69) is 38.0 Å². The second-order valence-corrected chi connectivity index (χ2v) is 7.67. The van der Waals surface area contributed by atoms with Crippen molar-refractivity contribution < 1.29 is 4.74 Å². The van der Waals surface area contributed by atoms with E-state index in [0.717, 1.165) is 44.2 Å². The van der Waals surface area contributed by atoms with Crippen molar-refractivity contribution in [3.63, 3.8) is 0 Å². The van der Waals surface area contributed by atoms with Crippen LogP contribution in [0.1, 0.15) is 46.5 Å². The summed E-state index contributed by atoms with van der Waals surface area (Å²) in [5, 5.41) is 3.68. The molecule has 1 N–H and O–H groups in total. The molecular weight excluding hydrogens is 248 g/mol. The van der Waals surface area contributed by atoms with E-state index in [0.29, 0.717) is 5.41 Å². The van der Waals surface area contributed by atoms with Gasteiger partial charge in [-0.05, 0) is 58.0 Å². The van der Waals surface area contributed by atoms with E-state index in [1.165, 1.54) is 32.2 Å². The van der Waals surface area contributed by atoms with Crippen LogP contribution in [0.4, 0.5) is 0 Å². The van der Waals surface area contributed by atoms with Gasteiger partial charge in [0.1, 0.15) is 0 Å². The van der Waals surface area contributed by atoms with E-state index in [9.17, 15) is 0 Å². The summed E-state index contributed by atoms with van der Waals surface area (Å²) in [4.78, 5) is 2.59. The molecule has 0 radical (unpaired) electrons. The molecule has 118 valence electrons. The molecule has 20 heavy (non-hydrogen) atoms. The van der Waals surface area contributed by atoms with Crippen LogP contribution in [0.15, 0.2) is 0 Å². The van der Waals surface area contributed by atoms with E-state index >= 15 is 0 Å². The van der Waals surface area contributed by atoms with Gasteiger partial charge in [0.05, 0.1) is 6.61 Å². The van der Waals surface area contributed by atoms with E-state index in [1.807, 2.05) is 0 Å². The summed E-state index contributed by atoms with van der Waals surface area (Å²) in [6.45, 7) is 12.2. The zero-order valence-electron chi connectivity index (χ0n) is 14.0. The van der Waals surface area contributed by atoms with Crippen molar-refractivity contribution in [2.75, 3.05) is 39.9 Å². The summed E-state index contributed by atoms with van der Waals surface area (Å²) >= 11 is 0. The van der Waals surface area contributed by atoms with Gasteiger partial charge in [-0.25, -0.2) is 0 Å². The Bertz CT molecular complexity index is 283. The van der Waals surface area contributed by atoms with E-state index < -0.39 is 0 Å². The highest BCUT2D eigenvalue weighted by molar-refractivity contribution is 4.91. The van der Waals surface area contributed by atoms with Gasteiger partial charge < -0.3 is 15.0 Å². The molecule has 2 fully saturated rings. The van der Waals surface area contributed by atoms with Crippen molar-refractivity contribution in [1.29, 1.82) is 0 Å². The number of hydrogen-bond acceptors (Lipinski definition) is 3. The van der Waals surface area contributed by atoms with Gasteiger partial charge in [-0.15, -0.1) is 0 Å². The van der Waals surface area contributed by atoms with Crippen molar-refractivity contribution >= 4 is 0 Å². The molecule has 3 heteroatoms. The van der Waals surface area contributed by atoms with E-state index in [-0.39, 0.29) is 0 Å². The van der Waals surface area contributed by atoms with Gasteiger partial charge in [0.25, 0.3) is 0 Å². The zero-order chi connectivity index (χ0) is 14.6. The minimum absolute atomic E-state index is 0.324. The largest absolute Gasteiger partial charge is 0.381 e. The van der Waals surface area contributed by atoms with Gasteiger partial charge in [-0.1, -0.05) is 13.8 Å². The minimum atomic E-state index is 0.324. The van der Waals surface area contributed by atoms with Gasteiger partial charge in [-0.3, -0.25) is 0 Å². The van der Waals surface area contributed by atoms with Gasteiger partial charge in [0.15, 0.2) is 0 Å². The topological polar surface area (TPSA) is 24.5 Å². The van der Waals surface area contributed by atoms with Crippen molar-refractivity contribution in [3.05, 3.63) is 0 Å². The first kappa shape index (κ1) is 16.3. The van der Waals surface area contributed by atoms with Crippen molar-refractivity contribution in [3.8, 4) is 0 Å². The molecule has 0 spiro atoms. The SMILES string of the molecule is CC(C)CNCC1(CN(C)C(C)C2CC2)CCCOC1. The molecule has 0 bridgehead atoms. The first-order chi connectivity index (χ1) is 9.52. The lowest BCUT2D eigenvalue weighted by molar-refractivity contribution is -0.0287. The van der Waals surface area contributed by atoms with Crippen LogP contribution >= 0.6 is 0 Å². The number of ether oxygens (including phenoxy) is 1. The quantitative estimate of drug-likeness (QED) is 0.741. The maximum Gasteiger partial charge on any atom is 0.0546 e. The molecule has 1 saturated carbocycles. The van der Waals surface area contributed by atoms with Crippen LogP contribution < -0.4 is 5.32 Å². The third-order valence-electron chi connectivity index (χ3n) is 5.04. The van der Waals surface area contributed by atoms with E-state index in [1.54, 1.807) is 0 Å². The number of nitrogens with zero attached hydrogens (tertiary/aromatic N) is 1. The van der Waals surface area contributed by atoms with Gasteiger partial charge in [-0.2, -0.15) is 0 Å². The molecule has 1 saturated heterocycles. The lowest BCUT2D eigenvalue weighted by Crippen LogP contribution is -2.50. The van der Waals surface area contributed by atoms with Crippen molar-refractivity contribution in [1.82, 2.24) is 10.2 Å². The van der Waals surface area contributed by atoms with Gasteiger partial charge in [0, 0.05) is 31.2 Å². The average Bonchev–Trinajstić information content (AvgIpc) is 3.22. The molecule has 0 aromatic heterocycles. The molecule has 0 amide bonds. The van der Waals surface area contributed by atoms with Crippen LogP contribution in [-0.2, 0) is 4.74 Å². The number of hydrogen-bond donors (Lipinski definition) is 1. The highest BCUT2D eigenvalue weighted by atomic mass is 16.5. The highest BCUT2D eigenvalue weighted by Crippen LogP contribution is 2.37. The number of rotatable bonds is 8. The Morgan fingerprint density at radius 3 is 2.60 bits per heavy atom. The van der Waals surface area contributed by atoms with Crippen LogP contribution in [0.3, 0.4) is 0 Å². The molecule has 3 nitrogen and oxygen atoms in total. The minimum Gasteiger partial charge on any atom is -0.381 e. The predicted molar refractivity (Wildman–Crippen MR) is 85.0 cm³/mol. The molecule has 0 aromatic carbocycles. The Kier molecular flexibility index (Phi) is 5.88. The Labute approximate surface area is 125 Å². The molecular formula is C17H34N2O. The molecule has 1 heterocycles. The lowest BCUT2D eigenvalue weighted by Gasteiger charge is -2.42. The fourth-order valence-corrected chi connectivity index (χ4v) is 3.47. The Hall–Kier alpha value is -0.120. The number of nitrogens with one attached hydrogen (secondary N) is 1. The zero-order valence-corrected chi connectivity index (χ0v) is 14.0. The van der Waals surface area contributed by atoms with Gasteiger partial charge >= 0.3 is 0 Å². The smallest absolute Gasteiger partial charge is 0.0546 e. The van der Waals surface area contributed by atoms with Crippen LogP contribution in [0, 0.1) is 17.3 Å². The normalized spacial score (nSPS) is 29.1. The molecule has 1 aliphatic carbocycles. The monoisotopic (exact) mass is 282 g/mol. The Morgan fingerprint density at radius 2 is 2.05 bits per heavy atom. The average molecular weight is 282 g/mol. The summed E-state index contributed by atoms with van der Waals surface area (Å²) in [6.07, 6.45) is 5.38. The third kappa shape index (κ3) is 4.71. The fourth-order valence-electron chi connectivity index (χ4n) is 3.47. The first-order valence-corrected chi connectivity index (χ1v) is 8.51. The van der Waals surface area contributed by atoms with Crippen LogP contribution in [0.5, 0.6) is 0 Å².